The Morgan fingerprint density at radius 2 is 1.82 bits per heavy atom. The average molecular weight is 490 g/mol. The number of urea groups is 1. The van der Waals surface area contributed by atoms with Crippen LogP contribution in [0.2, 0.25) is 0 Å². The van der Waals surface area contributed by atoms with Crippen LogP contribution < -0.4 is 4.90 Å². The summed E-state index contributed by atoms with van der Waals surface area (Å²) in [6, 6.07) is 3.74. The molecule has 11 heteroatoms. The molecule has 0 N–H and O–H groups in total. The highest BCUT2D eigenvalue weighted by molar-refractivity contribution is 7.89. The molecule has 0 aliphatic carbocycles. The molecule has 3 aliphatic rings. The number of fused-ring (bicyclic) bond motifs is 1. The number of anilines is 1. The van der Waals surface area contributed by atoms with Gasteiger partial charge in [-0.3, -0.25) is 14.6 Å². The van der Waals surface area contributed by atoms with E-state index in [-0.39, 0.29) is 23.6 Å². The van der Waals surface area contributed by atoms with Crippen molar-refractivity contribution in [3.05, 3.63) is 30.1 Å². The van der Waals surface area contributed by atoms with E-state index in [1.807, 2.05) is 12.3 Å². The summed E-state index contributed by atoms with van der Waals surface area (Å²) in [5.74, 6) is 0.221. The van der Waals surface area contributed by atoms with Crippen LogP contribution in [0.15, 0.2) is 24.5 Å². The maximum Gasteiger partial charge on any atom is 0.331 e. The SMILES string of the molecule is CN1C(=O)CCN(c2cnn3ccc(CC4CCN(S(=O)(=O)C5CCOCC5)CC4)cc23)C1=O. The number of aromatic nitrogens is 2. The molecule has 34 heavy (non-hydrogen) atoms. The van der Waals surface area contributed by atoms with Gasteiger partial charge in [-0.15, -0.1) is 0 Å². The Balaban J connectivity index is 1.26. The van der Waals surface area contributed by atoms with E-state index in [1.165, 1.54) is 7.05 Å². The van der Waals surface area contributed by atoms with Gasteiger partial charge < -0.3 is 4.74 Å². The van der Waals surface area contributed by atoms with Crippen molar-refractivity contribution < 1.29 is 22.7 Å². The Bertz CT molecular complexity index is 1180. The largest absolute Gasteiger partial charge is 0.381 e. The number of amides is 3. The highest BCUT2D eigenvalue weighted by Crippen LogP contribution is 2.30. The monoisotopic (exact) mass is 489 g/mol. The van der Waals surface area contributed by atoms with Gasteiger partial charge in [-0.05, 0) is 55.7 Å². The number of rotatable bonds is 5. The van der Waals surface area contributed by atoms with Crippen LogP contribution >= 0.6 is 0 Å². The van der Waals surface area contributed by atoms with Gasteiger partial charge in [0.2, 0.25) is 15.9 Å². The second-order valence-electron chi connectivity index (χ2n) is 9.43. The first kappa shape index (κ1) is 23.3. The zero-order valence-electron chi connectivity index (χ0n) is 19.4. The summed E-state index contributed by atoms with van der Waals surface area (Å²) in [6.07, 6.45) is 7.52. The van der Waals surface area contributed by atoms with Crippen molar-refractivity contribution in [2.45, 2.75) is 43.8 Å². The number of nitrogens with zero attached hydrogens (tertiary/aromatic N) is 5. The van der Waals surface area contributed by atoms with E-state index in [2.05, 4.69) is 11.2 Å². The van der Waals surface area contributed by atoms with Crippen LogP contribution in [-0.2, 0) is 26.0 Å². The molecule has 184 valence electrons. The summed E-state index contributed by atoms with van der Waals surface area (Å²) in [5.41, 5.74) is 2.66. The van der Waals surface area contributed by atoms with Crippen molar-refractivity contribution in [2.75, 3.05) is 44.8 Å². The third kappa shape index (κ3) is 4.32. The number of carbonyl (C=O) groups excluding carboxylic acids is 2. The fourth-order valence-electron chi connectivity index (χ4n) is 5.21. The first-order valence-electron chi connectivity index (χ1n) is 12.0. The van der Waals surface area contributed by atoms with E-state index >= 15 is 0 Å². The fraction of sp³-hybridized carbons (Fsp3) is 0.609. The predicted octanol–water partition coefficient (Wildman–Crippen LogP) is 1.89. The molecule has 2 aromatic heterocycles. The zero-order valence-corrected chi connectivity index (χ0v) is 20.2. The molecule has 3 aliphatic heterocycles. The smallest absolute Gasteiger partial charge is 0.331 e. The molecule has 0 aromatic carbocycles. The van der Waals surface area contributed by atoms with E-state index < -0.39 is 10.0 Å². The Morgan fingerprint density at radius 1 is 1.09 bits per heavy atom. The van der Waals surface area contributed by atoms with Gasteiger partial charge >= 0.3 is 6.03 Å². The van der Waals surface area contributed by atoms with Gasteiger partial charge in [0, 0.05) is 52.5 Å². The lowest BCUT2D eigenvalue weighted by atomic mass is 9.91. The van der Waals surface area contributed by atoms with Gasteiger partial charge in [0.15, 0.2) is 0 Å². The number of sulfonamides is 1. The third-order valence-corrected chi connectivity index (χ3v) is 9.74. The minimum atomic E-state index is -3.26. The van der Waals surface area contributed by atoms with E-state index in [9.17, 15) is 18.0 Å². The maximum absolute atomic E-state index is 13.0. The summed E-state index contributed by atoms with van der Waals surface area (Å²) in [5, 5.41) is 4.07. The standard InChI is InChI=1S/C23H31N5O5S/c1-25-22(29)5-10-27(23(25)30)21-16-24-28-11-4-18(15-20(21)28)14-17-2-8-26(9-3-17)34(31,32)19-6-12-33-13-7-19/h4,11,15-17,19H,2-3,5-10,12-14H2,1H3. The van der Waals surface area contributed by atoms with E-state index in [1.54, 1.807) is 19.9 Å². The van der Waals surface area contributed by atoms with Crippen molar-refractivity contribution in [2.24, 2.45) is 5.92 Å². The van der Waals surface area contributed by atoms with Crippen LogP contribution in [0.1, 0.15) is 37.7 Å². The number of hydrogen-bond donors (Lipinski definition) is 0. The van der Waals surface area contributed by atoms with Crippen LogP contribution in [0.25, 0.3) is 5.52 Å². The predicted molar refractivity (Wildman–Crippen MR) is 126 cm³/mol. The molecular weight excluding hydrogens is 458 g/mol. The van der Waals surface area contributed by atoms with Gasteiger partial charge in [-0.25, -0.2) is 22.0 Å². The second-order valence-corrected chi connectivity index (χ2v) is 11.6. The zero-order chi connectivity index (χ0) is 23.9. The number of piperidine rings is 1. The van der Waals surface area contributed by atoms with Crippen LogP contribution in [0.5, 0.6) is 0 Å². The summed E-state index contributed by atoms with van der Waals surface area (Å²) in [4.78, 5) is 27.2. The highest BCUT2D eigenvalue weighted by Gasteiger charge is 2.36. The van der Waals surface area contributed by atoms with Crippen molar-refractivity contribution in [3.8, 4) is 0 Å². The second kappa shape index (κ2) is 9.27. The molecular formula is C23H31N5O5S. The Hall–Kier alpha value is -2.50. The number of hydrogen-bond acceptors (Lipinski definition) is 6. The van der Waals surface area contributed by atoms with Crippen molar-refractivity contribution >= 4 is 33.2 Å². The Labute approximate surface area is 199 Å². The van der Waals surface area contributed by atoms with Crippen LogP contribution in [-0.4, -0.2) is 84.3 Å². The lowest BCUT2D eigenvalue weighted by Crippen LogP contribution is -2.50. The molecule has 0 atom stereocenters. The van der Waals surface area contributed by atoms with Crippen LogP contribution in [0.3, 0.4) is 0 Å². The molecule has 3 saturated heterocycles. The normalized spacial score (nSPS) is 22.1. The molecule has 10 nitrogen and oxygen atoms in total. The molecule has 0 saturated carbocycles. The van der Waals surface area contributed by atoms with E-state index in [0.717, 1.165) is 35.2 Å². The van der Waals surface area contributed by atoms with Gasteiger partial charge in [-0.2, -0.15) is 5.10 Å². The lowest BCUT2D eigenvalue weighted by Gasteiger charge is -2.35. The first-order valence-corrected chi connectivity index (χ1v) is 13.5. The van der Waals surface area contributed by atoms with Crippen LogP contribution in [0, 0.1) is 5.92 Å². The summed E-state index contributed by atoms with van der Waals surface area (Å²) < 4.78 is 34.7. The van der Waals surface area contributed by atoms with Crippen molar-refractivity contribution in [1.82, 2.24) is 18.8 Å². The fourth-order valence-corrected chi connectivity index (χ4v) is 7.14. The minimum Gasteiger partial charge on any atom is -0.381 e. The average Bonchev–Trinajstić information content (AvgIpc) is 3.27. The molecule has 5 heterocycles. The summed E-state index contributed by atoms with van der Waals surface area (Å²) in [6.45, 7) is 2.51. The summed E-state index contributed by atoms with van der Waals surface area (Å²) in [7, 11) is -1.76. The number of pyridine rings is 1. The van der Waals surface area contributed by atoms with Crippen molar-refractivity contribution in [3.63, 3.8) is 0 Å². The van der Waals surface area contributed by atoms with Gasteiger partial charge in [0.1, 0.15) is 0 Å². The molecule has 3 fully saturated rings. The first-order chi connectivity index (χ1) is 16.3. The topological polar surface area (TPSA) is 105 Å². The molecule has 0 bridgehead atoms. The third-order valence-electron chi connectivity index (χ3n) is 7.34. The van der Waals surface area contributed by atoms with Gasteiger partial charge in [-0.1, -0.05) is 0 Å². The number of ether oxygens (including phenoxy) is 1. The number of imide groups is 1. The molecule has 3 amide bonds. The quantitative estimate of drug-likeness (QED) is 0.635. The highest BCUT2D eigenvalue weighted by atomic mass is 32.2. The molecule has 0 unspecified atom stereocenters. The number of carbonyl (C=O) groups is 2. The maximum atomic E-state index is 13.0. The van der Waals surface area contributed by atoms with E-state index in [0.29, 0.717) is 57.3 Å². The molecule has 0 spiro atoms. The molecule has 5 rings (SSSR count). The summed E-state index contributed by atoms with van der Waals surface area (Å²) >= 11 is 0. The Kier molecular flexibility index (Phi) is 6.34. The molecule has 0 radical (unpaired) electrons. The Morgan fingerprint density at radius 3 is 2.56 bits per heavy atom. The van der Waals surface area contributed by atoms with Gasteiger partial charge in [0.05, 0.1) is 22.7 Å². The van der Waals surface area contributed by atoms with Crippen LogP contribution in [0.4, 0.5) is 10.5 Å². The lowest BCUT2D eigenvalue weighted by molar-refractivity contribution is -0.127. The van der Waals surface area contributed by atoms with Gasteiger partial charge in [0.25, 0.3) is 0 Å². The molecule has 2 aromatic rings. The minimum absolute atomic E-state index is 0.177. The van der Waals surface area contributed by atoms with Crippen molar-refractivity contribution in [1.29, 1.82) is 0 Å². The van der Waals surface area contributed by atoms with E-state index in [4.69, 9.17) is 4.74 Å².